The first-order chi connectivity index (χ1) is 8.72. The second-order valence-corrected chi connectivity index (χ2v) is 3.74. The molecular weight excluding hydrogens is 234 g/mol. The summed E-state index contributed by atoms with van der Waals surface area (Å²) in [5, 5.41) is 8.96. The Morgan fingerprint density at radius 2 is 1.89 bits per heavy atom. The number of hydrogen-bond donors (Lipinski definition) is 1. The zero-order chi connectivity index (χ0) is 13.4. The van der Waals surface area contributed by atoms with E-state index in [1.807, 2.05) is 0 Å². The van der Waals surface area contributed by atoms with Gasteiger partial charge in [-0.15, -0.1) is 0 Å². The fourth-order valence-corrected chi connectivity index (χ4v) is 1.55. The molecule has 0 radical (unpaired) electrons. The van der Waals surface area contributed by atoms with Crippen LogP contribution < -0.4 is 4.74 Å². The molecule has 0 aliphatic rings. The van der Waals surface area contributed by atoms with Crippen molar-refractivity contribution in [1.82, 2.24) is 4.90 Å². The van der Waals surface area contributed by atoms with Crippen molar-refractivity contribution >= 4 is 5.91 Å². The van der Waals surface area contributed by atoms with E-state index in [0.717, 1.165) is 0 Å². The summed E-state index contributed by atoms with van der Waals surface area (Å²) in [5.74, 6) is 0.584. The van der Waals surface area contributed by atoms with E-state index in [1.165, 1.54) is 0 Å². The molecule has 0 aliphatic carbocycles. The maximum absolute atomic E-state index is 12.2. The van der Waals surface area contributed by atoms with E-state index in [-0.39, 0.29) is 12.5 Å². The summed E-state index contributed by atoms with van der Waals surface area (Å²) < 4.78 is 9.98. The van der Waals surface area contributed by atoms with Crippen LogP contribution in [0, 0.1) is 0 Å². The molecule has 0 fully saturated rings. The highest BCUT2D eigenvalue weighted by Crippen LogP contribution is 2.13. The quantitative estimate of drug-likeness (QED) is 0.780. The normalized spacial score (nSPS) is 10.2. The minimum absolute atomic E-state index is 0.0639. The van der Waals surface area contributed by atoms with Crippen molar-refractivity contribution in [3.63, 3.8) is 0 Å². The molecule has 0 heterocycles. The molecule has 0 aliphatic heterocycles. The molecule has 1 amide bonds. The number of benzene rings is 1. The summed E-state index contributed by atoms with van der Waals surface area (Å²) in [5.41, 5.74) is 0.570. The highest BCUT2D eigenvalue weighted by molar-refractivity contribution is 5.94. The molecule has 0 aromatic heterocycles. The van der Waals surface area contributed by atoms with Crippen LogP contribution in [0.5, 0.6) is 5.75 Å². The van der Waals surface area contributed by atoms with Crippen LogP contribution in [0.25, 0.3) is 0 Å². The van der Waals surface area contributed by atoms with Crippen LogP contribution in [0.2, 0.25) is 0 Å². The highest BCUT2D eigenvalue weighted by Gasteiger charge is 2.14. The topological polar surface area (TPSA) is 59.0 Å². The van der Waals surface area contributed by atoms with E-state index in [2.05, 4.69) is 0 Å². The van der Waals surface area contributed by atoms with E-state index in [0.29, 0.717) is 31.0 Å². The van der Waals surface area contributed by atoms with Gasteiger partial charge in [0, 0.05) is 25.8 Å². The summed E-state index contributed by atoms with van der Waals surface area (Å²) in [6, 6.07) is 6.89. The van der Waals surface area contributed by atoms with Crippen LogP contribution in [0.4, 0.5) is 0 Å². The second kappa shape index (κ2) is 7.68. The molecule has 5 nitrogen and oxygen atoms in total. The van der Waals surface area contributed by atoms with E-state index >= 15 is 0 Å². The van der Waals surface area contributed by atoms with E-state index in [9.17, 15) is 4.79 Å². The Kier molecular flexibility index (Phi) is 6.18. The van der Waals surface area contributed by atoms with E-state index < -0.39 is 0 Å². The SMILES string of the molecule is COCCN(CCO)C(=O)c1ccc(OC)cc1. The van der Waals surface area contributed by atoms with Gasteiger partial charge in [0.25, 0.3) is 5.91 Å². The number of rotatable bonds is 7. The fourth-order valence-electron chi connectivity index (χ4n) is 1.55. The number of nitrogens with zero attached hydrogens (tertiary/aromatic N) is 1. The molecule has 0 unspecified atom stereocenters. The third-order valence-electron chi connectivity index (χ3n) is 2.56. The number of ether oxygens (including phenoxy) is 2. The highest BCUT2D eigenvalue weighted by atomic mass is 16.5. The monoisotopic (exact) mass is 253 g/mol. The number of hydrogen-bond acceptors (Lipinski definition) is 4. The molecule has 1 aromatic rings. The predicted octanol–water partition coefficient (Wildman–Crippen LogP) is 0.776. The average Bonchev–Trinajstić information content (AvgIpc) is 2.43. The van der Waals surface area contributed by atoms with Gasteiger partial charge in [-0.05, 0) is 24.3 Å². The molecule has 1 N–H and O–H groups in total. The predicted molar refractivity (Wildman–Crippen MR) is 67.9 cm³/mol. The van der Waals surface area contributed by atoms with Gasteiger partial charge < -0.3 is 19.5 Å². The number of amides is 1. The minimum atomic E-state index is -0.122. The van der Waals surface area contributed by atoms with Gasteiger partial charge in [-0.3, -0.25) is 4.79 Å². The third-order valence-corrected chi connectivity index (χ3v) is 2.56. The first kappa shape index (κ1) is 14.5. The van der Waals surface area contributed by atoms with Crippen LogP contribution in [-0.2, 0) is 4.74 Å². The Hall–Kier alpha value is -1.59. The van der Waals surface area contributed by atoms with Gasteiger partial charge in [0.15, 0.2) is 0 Å². The Labute approximate surface area is 107 Å². The molecule has 100 valence electrons. The lowest BCUT2D eigenvalue weighted by Gasteiger charge is -2.21. The van der Waals surface area contributed by atoms with Gasteiger partial charge >= 0.3 is 0 Å². The van der Waals surface area contributed by atoms with Crippen molar-refractivity contribution in [2.24, 2.45) is 0 Å². The van der Waals surface area contributed by atoms with Crippen LogP contribution in [0.15, 0.2) is 24.3 Å². The van der Waals surface area contributed by atoms with Crippen LogP contribution >= 0.6 is 0 Å². The summed E-state index contributed by atoms with van der Waals surface area (Å²) in [4.78, 5) is 13.7. The van der Waals surface area contributed by atoms with Crippen LogP contribution in [-0.4, -0.2) is 56.4 Å². The van der Waals surface area contributed by atoms with E-state index in [4.69, 9.17) is 14.6 Å². The third kappa shape index (κ3) is 4.01. The molecule has 5 heteroatoms. The molecule has 1 rings (SSSR count). The molecule has 0 saturated carbocycles. The zero-order valence-electron chi connectivity index (χ0n) is 10.8. The number of aliphatic hydroxyl groups is 1. The van der Waals surface area contributed by atoms with Gasteiger partial charge in [0.1, 0.15) is 5.75 Å². The lowest BCUT2D eigenvalue weighted by molar-refractivity contribution is 0.0656. The average molecular weight is 253 g/mol. The Morgan fingerprint density at radius 1 is 1.22 bits per heavy atom. The van der Waals surface area contributed by atoms with Gasteiger partial charge in [-0.2, -0.15) is 0 Å². The summed E-state index contributed by atoms with van der Waals surface area (Å²) in [7, 11) is 3.16. The lowest BCUT2D eigenvalue weighted by Crippen LogP contribution is -2.36. The lowest BCUT2D eigenvalue weighted by atomic mass is 10.2. The molecule has 0 bridgehead atoms. The van der Waals surface area contributed by atoms with Gasteiger partial charge in [0.2, 0.25) is 0 Å². The molecule has 18 heavy (non-hydrogen) atoms. The van der Waals surface area contributed by atoms with Crippen molar-refractivity contribution < 1.29 is 19.4 Å². The molecular formula is C13H19NO4. The van der Waals surface area contributed by atoms with Gasteiger partial charge in [-0.25, -0.2) is 0 Å². The van der Waals surface area contributed by atoms with Crippen molar-refractivity contribution in [3.05, 3.63) is 29.8 Å². The number of carbonyl (C=O) groups is 1. The van der Waals surface area contributed by atoms with Crippen molar-refractivity contribution in [2.45, 2.75) is 0 Å². The van der Waals surface area contributed by atoms with Crippen LogP contribution in [0.1, 0.15) is 10.4 Å². The largest absolute Gasteiger partial charge is 0.497 e. The Morgan fingerprint density at radius 3 is 2.39 bits per heavy atom. The molecule has 0 saturated heterocycles. The zero-order valence-corrected chi connectivity index (χ0v) is 10.8. The van der Waals surface area contributed by atoms with Gasteiger partial charge in [0.05, 0.1) is 20.3 Å². The molecule has 1 aromatic carbocycles. The molecule has 0 atom stereocenters. The summed E-state index contributed by atoms with van der Waals surface area (Å²) >= 11 is 0. The Bertz CT molecular complexity index is 364. The standard InChI is InChI=1S/C13H19NO4/c1-17-10-8-14(7-9-15)13(16)11-3-5-12(18-2)6-4-11/h3-6,15H,7-10H2,1-2H3. The smallest absolute Gasteiger partial charge is 0.254 e. The van der Waals surface area contributed by atoms with Gasteiger partial charge in [-0.1, -0.05) is 0 Å². The maximum Gasteiger partial charge on any atom is 0.254 e. The second-order valence-electron chi connectivity index (χ2n) is 3.74. The molecule has 0 spiro atoms. The maximum atomic E-state index is 12.2. The Balaban J connectivity index is 2.73. The van der Waals surface area contributed by atoms with Crippen molar-refractivity contribution in [1.29, 1.82) is 0 Å². The fraction of sp³-hybridized carbons (Fsp3) is 0.462. The first-order valence-electron chi connectivity index (χ1n) is 5.76. The van der Waals surface area contributed by atoms with E-state index in [1.54, 1.807) is 43.4 Å². The summed E-state index contributed by atoms with van der Waals surface area (Å²) in [6.07, 6.45) is 0. The first-order valence-corrected chi connectivity index (χ1v) is 5.76. The van der Waals surface area contributed by atoms with Crippen molar-refractivity contribution in [3.8, 4) is 5.75 Å². The van der Waals surface area contributed by atoms with Crippen molar-refractivity contribution in [2.75, 3.05) is 40.5 Å². The summed E-state index contributed by atoms with van der Waals surface area (Å²) in [6.45, 7) is 1.14. The number of methoxy groups -OCH3 is 2. The number of aliphatic hydroxyl groups excluding tert-OH is 1. The number of carbonyl (C=O) groups excluding carboxylic acids is 1. The minimum Gasteiger partial charge on any atom is -0.497 e. The van der Waals surface area contributed by atoms with Crippen LogP contribution in [0.3, 0.4) is 0 Å².